The molecule has 0 saturated carbocycles. The Kier molecular flexibility index (Phi) is 2.56. The van der Waals surface area contributed by atoms with Gasteiger partial charge in [-0.3, -0.25) is 0 Å². The first-order chi connectivity index (χ1) is 7.07. The number of carbonyl (C=O) groups is 1. The SMILES string of the molecule is O=CCC1Cc2c(Cl)cccc2S1(=O)=O. The molecule has 15 heavy (non-hydrogen) atoms. The molecule has 1 aromatic rings. The van der Waals surface area contributed by atoms with Gasteiger partial charge >= 0.3 is 0 Å². The largest absolute Gasteiger partial charge is 0.303 e. The van der Waals surface area contributed by atoms with Gasteiger partial charge in [0.25, 0.3) is 0 Å². The minimum Gasteiger partial charge on any atom is -0.303 e. The third kappa shape index (κ3) is 1.58. The van der Waals surface area contributed by atoms with Crippen molar-refractivity contribution in [3.05, 3.63) is 28.8 Å². The van der Waals surface area contributed by atoms with E-state index >= 15 is 0 Å². The molecule has 80 valence electrons. The van der Waals surface area contributed by atoms with Crippen LogP contribution in [0.25, 0.3) is 0 Å². The lowest BCUT2D eigenvalue weighted by Crippen LogP contribution is -2.17. The maximum atomic E-state index is 11.9. The van der Waals surface area contributed by atoms with Crippen molar-refractivity contribution in [1.29, 1.82) is 0 Å². The molecule has 0 saturated heterocycles. The Morgan fingerprint density at radius 3 is 2.80 bits per heavy atom. The van der Waals surface area contributed by atoms with Gasteiger partial charge in [0, 0.05) is 11.4 Å². The number of fused-ring (bicyclic) bond motifs is 1. The summed E-state index contributed by atoms with van der Waals surface area (Å²) in [6.07, 6.45) is 1.02. The zero-order chi connectivity index (χ0) is 11.1. The molecule has 1 unspecified atom stereocenters. The van der Waals surface area contributed by atoms with E-state index in [1.54, 1.807) is 18.2 Å². The van der Waals surface area contributed by atoms with Crippen LogP contribution in [0, 0.1) is 0 Å². The summed E-state index contributed by atoms with van der Waals surface area (Å²) in [6.45, 7) is 0. The summed E-state index contributed by atoms with van der Waals surface area (Å²) in [7, 11) is -3.35. The maximum absolute atomic E-state index is 11.9. The monoisotopic (exact) mass is 244 g/mol. The van der Waals surface area contributed by atoms with Crippen molar-refractivity contribution >= 4 is 27.7 Å². The molecule has 1 aliphatic heterocycles. The smallest absolute Gasteiger partial charge is 0.182 e. The molecular weight excluding hydrogens is 236 g/mol. The molecule has 0 aromatic heterocycles. The molecule has 0 radical (unpaired) electrons. The fourth-order valence-electron chi connectivity index (χ4n) is 1.84. The van der Waals surface area contributed by atoms with Crippen molar-refractivity contribution < 1.29 is 13.2 Å². The molecule has 0 spiro atoms. The van der Waals surface area contributed by atoms with Gasteiger partial charge < -0.3 is 4.79 Å². The van der Waals surface area contributed by atoms with Crippen molar-refractivity contribution in [2.24, 2.45) is 0 Å². The van der Waals surface area contributed by atoms with E-state index in [0.717, 1.165) is 0 Å². The Morgan fingerprint density at radius 1 is 1.47 bits per heavy atom. The van der Waals surface area contributed by atoms with Crippen LogP contribution >= 0.6 is 11.6 Å². The Labute approximate surface area is 93.0 Å². The molecule has 2 rings (SSSR count). The maximum Gasteiger partial charge on any atom is 0.182 e. The van der Waals surface area contributed by atoms with Crippen LogP contribution in [0.5, 0.6) is 0 Å². The van der Waals surface area contributed by atoms with Crippen LogP contribution in [0.3, 0.4) is 0 Å². The van der Waals surface area contributed by atoms with Gasteiger partial charge in [-0.05, 0) is 24.1 Å². The Hall–Kier alpha value is -0.870. The van der Waals surface area contributed by atoms with Crippen LogP contribution in [0.2, 0.25) is 5.02 Å². The molecule has 5 heteroatoms. The first-order valence-electron chi connectivity index (χ1n) is 4.52. The predicted molar refractivity (Wildman–Crippen MR) is 56.8 cm³/mol. The second-order valence-electron chi connectivity index (χ2n) is 3.49. The van der Waals surface area contributed by atoms with Crippen LogP contribution in [-0.4, -0.2) is 20.0 Å². The highest BCUT2D eigenvalue weighted by Crippen LogP contribution is 2.36. The first-order valence-corrected chi connectivity index (χ1v) is 6.44. The molecule has 1 heterocycles. The number of hydrogen-bond acceptors (Lipinski definition) is 3. The minimum absolute atomic E-state index is 0.0351. The van der Waals surface area contributed by atoms with Gasteiger partial charge in [-0.1, -0.05) is 17.7 Å². The van der Waals surface area contributed by atoms with Gasteiger partial charge in [-0.15, -0.1) is 0 Å². The third-order valence-corrected chi connectivity index (χ3v) is 5.20. The normalized spacial score (nSPS) is 22.3. The molecule has 3 nitrogen and oxygen atoms in total. The summed E-state index contributed by atoms with van der Waals surface area (Å²) >= 11 is 5.91. The van der Waals surface area contributed by atoms with Crippen molar-refractivity contribution in [3.63, 3.8) is 0 Å². The predicted octanol–water partition coefficient (Wildman–Crippen LogP) is 1.63. The van der Waals surface area contributed by atoms with Gasteiger partial charge in [0.15, 0.2) is 9.84 Å². The molecule has 0 N–H and O–H groups in total. The molecule has 1 aliphatic rings. The molecule has 0 amide bonds. The van der Waals surface area contributed by atoms with Gasteiger partial charge in [0.1, 0.15) is 6.29 Å². The molecule has 0 aliphatic carbocycles. The highest BCUT2D eigenvalue weighted by atomic mass is 35.5. The van der Waals surface area contributed by atoms with Gasteiger partial charge in [0.2, 0.25) is 0 Å². The second kappa shape index (κ2) is 3.61. The zero-order valence-corrected chi connectivity index (χ0v) is 9.38. The van der Waals surface area contributed by atoms with Crippen molar-refractivity contribution in [3.8, 4) is 0 Å². The van der Waals surface area contributed by atoms with E-state index in [2.05, 4.69) is 0 Å². The Balaban J connectivity index is 2.57. The number of benzene rings is 1. The fourth-order valence-corrected chi connectivity index (χ4v) is 4.03. The highest BCUT2D eigenvalue weighted by Gasteiger charge is 2.37. The van der Waals surface area contributed by atoms with Crippen LogP contribution in [0.4, 0.5) is 0 Å². The number of rotatable bonds is 2. The second-order valence-corrected chi connectivity index (χ2v) is 6.09. The van der Waals surface area contributed by atoms with Crippen molar-refractivity contribution in [2.75, 3.05) is 0 Å². The number of carbonyl (C=O) groups excluding carboxylic acids is 1. The topological polar surface area (TPSA) is 51.2 Å². The summed E-state index contributed by atoms with van der Waals surface area (Å²) in [6, 6.07) is 4.82. The van der Waals surface area contributed by atoms with Crippen molar-refractivity contribution in [1.82, 2.24) is 0 Å². The first kappa shape index (κ1) is 10.6. The van der Waals surface area contributed by atoms with Crippen molar-refractivity contribution in [2.45, 2.75) is 23.0 Å². The molecule has 1 aromatic carbocycles. The van der Waals surface area contributed by atoms with Crippen LogP contribution in [0.1, 0.15) is 12.0 Å². The third-order valence-electron chi connectivity index (χ3n) is 2.61. The number of sulfone groups is 1. The lowest BCUT2D eigenvalue weighted by molar-refractivity contribution is -0.107. The average Bonchev–Trinajstić information content (AvgIpc) is 2.43. The van der Waals surface area contributed by atoms with E-state index in [-0.39, 0.29) is 11.3 Å². The molecule has 0 fully saturated rings. The summed E-state index contributed by atoms with van der Waals surface area (Å²) in [5.41, 5.74) is 0.644. The van der Waals surface area contributed by atoms with E-state index in [1.165, 1.54) is 0 Å². The molecule has 1 atom stereocenters. The van der Waals surface area contributed by atoms with E-state index in [9.17, 15) is 13.2 Å². The van der Waals surface area contributed by atoms with E-state index in [0.29, 0.717) is 23.3 Å². The van der Waals surface area contributed by atoms with E-state index in [1.807, 2.05) is 0 Å². The zero-order valence-electron chi connectivity index (χ0n) is 7.81. The fraction of sp³-hybridized carbons (Fsp3) is 0.300. The average molecular weight is 245 g/mol. The van der Waals surface area contributed by atoms with Gasteiger partial charge in [-0.2, -0.15) is 0 Å². The summed E-state index contributed by atoms with van der Waals surface area (Å²) in [5, 5.41) is -0.172. The lowest BCUT2D eigenvalue weighted by Gasteiger charge is -2.03. The minimum atomic E-state index is -3.35. The summed E-state index contributed by atoms with van der Waals surface area (Å²) in [5.74, 6) is 0. The molecule has 0 bridgehead atoms. The Morgan fingerprint density at radius 2 is 2.20 bits per heavy atom. The van der Waals surface area contributed by atoms with E-state index in [4.69, 9.17) is 11.6 Å². The lowest BCUT2D eigenvalue weighted by atomic mass is 10.1. The quantitative estimate of drug-likeness (QED) is 0.743. The number of halogens is 1. The summed E-state index contributed by atoms with van der Waals surface area (Å²) < 4.78 is 23.8. The van der Waals surface area contributed by atoms with E-state index < -0.39 is 15.1 Å². The Bertz CT molecular complexity index is 507. The number of aldehydes is 1. The highest BCUT2D eigenvalue weighted by molar-refractivity contribution is 7.92. The van der Waals surface area contributed by atoms with Crippen LogP contribution in [-0.2, 0) is 21.1 Å². The summed E-state index contributed by atoms with van der Waals surface area (Å²) in [4.78, 5) is 10.7. The number of hydrogen-bond donors (Lipinski definition) is 0. The van der Waals surface area contributed by atoms with Crippen LogP contribution in [0.15, 0.2) is 23.1 Å². The standard InChI is InChI=1S/C10H9ClO3S/c11-9-2-1-3-10-8(9)6-7(4-5-12)15(10,13)14/h1-3,5,7H,4,6H2. The van der Waals surface area contributed by atoms with Gasteiger partial charge in [-0.25, -0.2) is 8.42 Å². The molecular formula is C10H9ClO3S. The van der Waals surface area contributed by atoms with Gasteiger partial charge in [0.05, 0.1) is 10.1 Å². The van der Waals surface area contributed by atoms with Crippen LogP contribution < -0.4 is 0 Å².